The molecule has 0 saturated heterocycles. The third kappa shape index (κ3) is 7.44. The number of aliphatic hydroxyl groups is 1. The Balaban J connectivity index is 2.22. The minimum atomic E-state index is -0.349. The van der Waals surface area contributed by atoms with Crippen molar-refractivity contribution in [1.82, 2.24) is 0 Å². The maximum atomic E-state index is 11.4. The van der Waals surface area contributed by atoms with Crippen LogP contribution in [0.15, 0.2) is 12.2 Å². The fourth-order valence-electron chi connectivity index (χ4n) is 3.42. The van der Waals surface area contributed by atoms with E-state index < -0.39 is 0 Å². The normalized spacial score (nSPS) is 23.0. The van der Waals surface area contributed by atoms with Crippen LogP contribution >= 0.6 is 0 Å². The molecule has 1 rings (SSSR count). The minimum absolute atomic E-state index is 0.0740. The van der Waals surface area contributed by atoms with Crippen LogP contribution in [0.2, 0.25) is 0 Å². The van der Waals surface area contributed by atoms with Gasteiger partial charge in [0.1, 0.15) is 0 Å². The number of unbranched alkanes of at least 4 members (excludes halogenated alkanes) is 2. The Labute approximate surface area is 136 Å². The van der Waals surface area contributed by atoms with Crippen LogP contribution in [0.4, 0.5) is 0 Å². The summed E-state index contributed by atoms with van der Waals surface area (Å²) in [6.45, 7) is 7.90. The number of carbonyl (C=O) groups is 1. The highest BCUT2D eigenvalue weighted by atomic mass is 16.5. The summed E-state index contributed by atoms with van der Waals surface area (Å²) in [5.74, 6) is 1.32. The second kappa shape index (κ2) is 10.8. The SMILES string of the molecule is C=C(C)C(=O)OCC(CO)CC1CCC(CCCCC)CC1. The topological polar surface area (TPSA) is 46.5 Å². The molecule has 0 aromatic rings. The summed E-state index contributed by atoms with van der Waals surface area (Å²) in [6, 6.07) is 0. The Kier molecular flexibility index (Phi) is 9.45. The Hall–Kier alpha value is -0.830. The maximum absolute atomic E-state index is 11.4. The predicted octanol–water partition coefficient (Wildman–Crippen LogP) is 4.49. The van der Waals surface area contributed by atoms with Crippen LogP contribution in [0.25, 0.3) is 0 Å². The number of hydrogen-bond donors (Lipinski definition) is 1. The molecular weight excluding hydrogens is 276 g/mol. The quantitative estimate of drug-likeness (QED) is 0.367. The van der Waals surface area contributed by atoms with E-state index in [4.69, 9.17) is 4.74 Å². The Morgan fingerprint density at radius 2 is 1.86 bits per heavy atom. The zero-order valence-corrected chi connectivity index (χ0v) is 14.5. The van der Waals surface area contributed by atoms with E-state index in [9.17, 15) is 9.90 Å². The average molecular weight is 310 g/mol. The van der Waals surface area contributed by atoms with Gasteiger partial charge in [-0.1, -0.05) is 64.9 Å². The van der Waals surface area contributed by atoms with Crippen LogP contribution in [0, 0.1) is 17.8 Å². The van der Waals surface area contributed by atoms with E-state index in [0.717, 1.165) is 12.3 Å². The van der Waals surface area contributed by atoms with Gasteiger partial charge in [-0.15, -0.1) is 0 Å². The number of ether oxygens (including phenoxy) is 1. The van der Waals surface area contributed by atoms with Crippen LogP contribution in [0.5, 0.6) is 0 Å². The summed E-state index contributed by atoms with van der Waals surface area (Å²) in [6.07, 6.45) is 11.6. The Morgan fingerprint density at radius 3 is 2.41 bits per heavy atom. The van der Waals surface area contributed by atoms with Gasteiger partial charge in [-0.05, 0) is 25.2 Å². The zero-order valence-electron chi connectivity index (χ0n) is 14.5. The van der Waals surface area contributed by atoms with Crippen LogP contribution in [-0.2, 0) is 9.53 Å². The second-order valence-electron chi connectivity index (χ2n) is 7.05. The van der Waals surface area contributed by atoms with Gasteiger partial charge >= 0.3 is 5.97 Å². The molecule has 0 amide bonds. The number of hydrogen-bond acceptors (Lipinski definition) is 3. The molecule has 0 aromatic carbocycles. The molecule has 22 heavy (non-hydrogen) atoms. The van der Waals surface area contributed by atoms with E-state index in [2.05, 4.69) is 13.5 Å². The van der Waals surface area contributed by atoms with Gasteiger partial charge in [0.2, 0.25) is 0 Å². The number of rotatable bonds is 10. The van der Waals surface area contributed by atoms with Gasteiger partial charge in [0.05, 0.1) is 6.61 Å². The first-order valence-electron chi connectivity index (χ1n) is 9.00. The highest BCUT2D eigenvalue weighted by Crippen LogP contribution is 2.35. The molecule has 1 fully saturated rings. The van der Waals surface area contributed by atoms with Gasteiger partial charge in [-0.25, -0.2) is 4.79 Å². The van der Waals surface area contributed by atoms with Crippen molar-refractivity contribution in [3.05, 3.63) is 12.2 Å². The van der Waals surface area contributed by atoms with E-state index >= 15 is 0 Å². The van der Waals surface area contributed by atoms with Crippen LogP contribution in [0.1, 0.15) is 71.6 Å². The summed E-state index contributed by atoms with van der Waals surface area (Å²) in [7, 11) is 0. The predicted molar refractivity (Wildman–Crippen MR) is 90.6 cm³/mol. The van der Waals surface area contributed by atoms with Crippen molar-refractivity contribution in [2.75, 3.05) is 13.2 Å². The van der Waals surface area contributed by atoms with E-state index in [1.54, 1.807) is 6.92 Å². The molecule has 3 nitrogen and oxygen atoms in total. The molecule has 128 valence electrons. The van der Waals surface area contributed by atoms with Crippen LogP contribution in [-0.4, -0.2) is 24.3 Å². The van der Waals surface area contributed by atoms with Crippen molar-refractivity contribution in [2.45, 2.75) is 71.6 Å². The highest BCUT2D eigenvalue weighted by Gasteiger charge is 2.24. The van der Waals surface area contributed by atoms with Gasteiger partial charge < -0.3 is 9.84 Å². The lowest BCUT2D eigenvalue weighted by atomic mass is 9.76. The summed E-state index contributed by atoms with van der Waals surface area (Å²) in [4.78, 5) is 11.4. The largest absolute Gasteiger partial charge is 0.462 e. The van der Waals surface area contributed by atoms with Gasteiger partial charge in [-0.2, -0.15) is 0 Å². The minimum Gasteiger partial charge on any atom is -0.462 e. The molecule has 0 bridgehead atoms. The second-order valence-corrected chi connectivity index (χ2v) is 7.05. The first kappa shape index (κ1) is 19.2. The molecule has 0 heterocycles. The van der Waals surface area contributed by atoms with Gasteiger partial charge in [0, 0.05) is 18.1 Å². The van der Waals surface area contributed by atoms with Crippen molar-refractivity contribution < 1.29 is 14.6 Å². The smallest absolute Gasteiger partial charge is 0.333 e. The van der Waals surface area contributed by atoms with Crippen molar-refractivity contribution in [2.24, 2.45) is 17.8 Å². The van der Waals surface area contributed by atoms with E-state index in [1.165, 1.54) is 51.4 Å². The van der Waals surface area contributed by atoms with E-state index in [-0.39, 0.29) is 18.5 Å². The van der Waals surface area contributed by atoms with Crippen LogP contribution in [0.3, 0.4) is 0 Å². The van der Waals surface area contributed by atoms with Crippen LogP contribution < -0.4 is 0 Å². The monoisotopic (exact) mass is 310 g/mol. The van der Waals surface area contributed by atoms with E-state index in [1.807, 2.05) is 0 Å². The fraction of sp³-hybridized carbons (Fsp3) is 0.842. The first-order valence-corrected chi connectivity index (χ1v) is 9.00. The standard InChI is InChI=1S/C19H34O3/c1-4-5-6-7-16-8-10-17(11-9-16)12-18(13-20)14-22-19(21)15(2)3/h16-18,20H,2,4-14H2,1,3H3. The summed E-state index contributed by atoms with van der Waals surface area (Å²) in [5, 5.41) is 9.49. The molecule has 1 saturated carbocycles. The van der Waals surface area contributed by atoms with Crippen molar-refractivity contribution in [3.63, 3.8) is 0 Å². The third-order valence-electron chi connectivity index (χ3n) is 4.91. The van der Waals surface area contributed by atoms with Gasteiger partial charge in [0.25, 0.3) is 0 Å². The number of aliphatic hydroxyl groups excluding tert-OH is 1. The van der Waals surface area contributed by atoms with Crippen molar-refractivity contribution in [1.29, 1.82) is 0 Å². The summed E-state index contributed by atoms with van der Waals surface area (Å²) < 4.78 is 5.19. The molecule has 0 spiro atoms. The molecule has 0 aliphatic heterocycles. The number of esters is 1. The first-order chi connectivity index (χ1) is 10.6. The molecule has 0 radical (unpaired) electrons. The molecule has 1 aliphatic rings. The third-order valence-corrected chi connectivity index (χ3v) is 4.91. The van der Waals surface area contributed by atoms with Crippen molar-refractivity contribution in [3.8, 4) is 0 Å². The number of carbonyl (C=O) groups excluding carboxylic acids is 1. The molecule has 1 aliphatic carbocycles. The Bertz CT molecular complexity index is 330. The fourth-order valence-corrected chi connectivity index (χ4v) is 3.42. The molecule has 1 atom stereocenters. The zero-order chi connectivity index (χ0) is 16.4. The van der Waals surface area contributed by atoms with Gasteiger partial charge in [0.15, 0.2) is 0 Å². The highest BCUT2D eigenvalue weighted by molar-refractivity contribution is 5.86. The lowest BCUT2D eigenvalue weighted by Crippen LogP contribution is -2.23. The summed E-state index contributed by atoms with van der Waals surface area (Å²) in [5.41, 5.74) is 0.421. The molecular formula is C19H34O3. The molecule has 1 unspecified atom stereocenters. The molecule has 3 heteroatoms. The van der Waals surface area contributed by atoms with E-state index in [0.29, 0.717) is 18.1 Å². The average Bonchev–Trinajstić information content (AvgIpc) is 2.52. The molecule has 0 aromatic heterocycles. The summed E-state index contributed by atoms with van der Waals surface area (Å²) >= 11 is 0. The lowest BCUT2D eigenvalue weighted by molar-refractivity contribution is -0.140. The Morgan fingerprint density at radius 1 is 1.23 bits per heavy atom. The van der Waals surface area contributed by atoms with Gasteiger partial charge in [-0.3, -0.25) is 0 Å². The van der Waals surface area contributed by atoms with Crippen molar-refractivity contribution >= 4 is 5.97 Å². The molecule has 1 N–H and O–H groups in total. The maximum Gasteiger partial charge on any atom is 0.333 e. The lowest BCUT2D eigenvalue weighted by Gasteiger charge is -2.30.